The summed E-state index contributed by atoms with van der Waals surface area (Å²) in [6, 6.07) is 3.41. The third kappa shape index (κ3) is 4.83. The Balaban J connectivity index is 2.93. The second kappa shape index (κ2) is 6.94. The molecule has 0 fully saturated rings. The maximum atomic E-state index is 12.0. The summed E-state index contributed by atoms with van der Waals surface area (Å²) in [5.41, 5.74) is 0.0327. The molecule has 1 aromatic rings. The Bertz CT molecular complexity index is 551. The summed E-state index contributed by atoms with van der Waals surface area (Å²) in [6.45, 7) is 6.38. The van der Waals surface area contributed by atoms with Gasteiger partial charge in [-0.3, -0.25) is 0 Å². The number of anilines is 1. The fourth-order valence-electron chi connectivity index (χ4n) is 1.84. The molecule has 0 amide bonds. The van der Waals surface area contributed by atoms with Crippen molar-refractivity contribution in [2.24, 2.45) is 5.41 Å². The van der Waals surface area contributed by atoms with E-state index < -0.39 is 10.0 Å². The second-order valence-corrected chi connectivity index (χ2v) is 8.74. The molecule has 0 aromatic carbocycles. The number of pyridine rings is 1. The molecule has 1 atom stereocenters. The van der Waals surface area contributed by atoms with E-state index in [0.29, 0.717) is 11.7 Å². The molecule has 7 heteroatoms. The van der Waals surface area contributed by atoms with E-state index in [1.165, 1.54) is 24.6 Å². The maximum Gasteiger partial charge on any atom is 0.244 e. The molecule has 0 aliphatic heterocycles. The van der Waals surface area contributed by atoms with E-state index in [9.17, 15) is 8.42 Å². The molecule has 0 saturated heterocycles. The van der Waals surface area contributed by atoms with Crippen molar-refractivity contribution in [3.05, 3.63) is 18.3 Å². The van der Waals surface area contributed by atoms with E-state index in [0.717, 1.165) is 6.42 Å². The number of hydrogen-bond acceptors (Lipinski definition) is 4. The fraction of sp³-hybridized carbons (Fsp3) is 0.643. The SMILES string of the molecule is CN(C)S(=O)(=O)c1ccc(NC(CCCl)C(C)(C)C)nc1. The Morgan fingerprint density at radius 1 is 1.33 bits per heavy atom. The highest BCUT2D eigenvalue weighted by atomic mass is 35.5. The van der Waals surface area contributed by atoms with Crippen LogP contribution in [0.5, 0.6) is 0 Å². The number of hydrogen-bond donors (Lipinski definition) is 1. The molecule has 0 spiro atoms. The van der Waals surface area contributed by atoms with Gasteiger partial charge in [0.25, 0.3) is 0 Å². The van der Waals surface area contributed by atoms with Crippen molar-refractivity contribution >= 4 is 27.4 Å². The van der Waals surface area contributed by atoms with Crippen LogP contribution in [0.3, 0.4) is 0 Å². The molecule has 120 valence electrons. The van der Waals surface area contributed by atoms with Crippen molar-refractivity contribution in [3.8, 4) is 0 Å². The minimum Gasteiger partial charge on any atom is -0.367 e. The number of sulfonamides is 1. The Morgan fingerprint density at radius 3 is 2.33 bits per heavy atom. The van der Waals surface area contributed by atoms with Crippen molar-refractivity contribution in [3.63, 3.8) is 0 Å². The number of aromatic nitrogens is 1. The molecule has 21 heavy (non-hydrogen) atoms. The van der Waals surface area contributed by atoms with Crippen molar-refractivity contribution < 1.29 is 8.42 Å². The first-order chi connectivity index (χ1) is 9.59. The summed E-state index contributed by atoms with van der Waals surface area (Å²) in [6.07, 6.45) is 2.18. The van der Waals surface area contributed by atoms with Crippen molar-refractivity contribution in [2.45, 2.75) is 38.1 Å². The highest BCUT2D eigenvalue weighted by Gasteiger charge is 2.24. The van der Waals surface area contributed by atoms with Crippen LogP contribution in [-0.2, 0) is 10.0 Å². The zero-order valence-electron chi connectivity index (χ0n) is 13.2. The Morgan fingerprint density at radius 2 is 1.95 bits per heavy atom. The molecular formula is C14H24ClN3O2S. The van der Waals surface area contributed by atoms with Gasteiger partial charge >= 0.3 is 0 Å². The van der Waals surface area contributed by atoms with Gasteiger partial charge in [-0.1, -0.05) is 20.8 Å². The molecule has 0 aliphatic carbocycles. The molecule has 5 nitrogen and oxygen atoms in total. The van der Waals surface area contributed by atoms with E-state index >= 15 is 0 Å². The smallest absolute Gasteiger partial charge is 0.244 e. The molecule has 0 radical (unpaired) electrons. The highest BCUT2D eigenvalue weighted by molar-refractivity contribution is 7.89. The second-order valence-electron chi connectivity index (χ2n) is 6.21. The zero-order chi connectivity index (χ0) is 16.3. The van der Waals surface area contributed by atoms with Gasteiger partial charge in [-0.05, 0) is 24.0 Å². The number of halogens is 1. The van der Waals surface area contributed by atoms with E-state index in [4.69, 9.17) is 11.6 Å². The lowest BCUT2D eigenvalue weighted by Crippen LogP contribution is -2.34. The van der Waals surface area contributed by atoms with Crippen LogP contribution in [0.4, 0.5) is 5.82 Å². The van der Waals surface area contributed by atoms with Crippen LogP contribution in [0.25, 0.3) is 0 Å². The van der Waals surface area contributed by atoms with Crippen LogP contribution in [-0.4, -0.2) is 43.7 Å². The van der Waals surface area contributed by atoms with Crippen molar-refractivity contribution in [1.82, 2.24) is 9.29 Å². The lowest BCUT2D eigenvalue weighted by molar-refractivity contribution is 0.334. The molecule has 1 aromatic heterocycles. The third-order valence-electron chi connectivity index (χ3n) is 3.28. The average Bonchev–Trinajstić information content (AvgIpc) is 2.37. The van der Waals surface area contributed by atoms with Crippen molar-refractivity contribution in [2.75, 3.05) is 25.3 Å². The Hall–Kier alpha value is -0.850. The zero-order valence-corrected chi connectivity index (χ0v) is 14.8. The van der Waals surface area contributed by atoms with E-state index in [2.05, 4.69) is 31.1 Å². The molecule has 0 bridgehead atoms. The summed E-state index contributed by atoms with van der Waals surface area (Å²) < 4.78 is 25.1. The van der Waals surface area contributed by atoms with Gasteiger partial charge in [-0.15, -0.1) is 11.6 Å². The molecule has 0 saturated carbocycles. The lowest BCUT2D eigenvalue weighted by Gasteiger charge is -2.31. The number of alkyl halides is 1. The first-order valence-electron chi connectivity index (χ1n) is 6.80. The van der Waals surface area contributed by atoms with Crippen LogP contribution in [0.2, 0.25) is 0 Å². The average molecular weight is 334 g/mol. The predicted octanol–water partition coefficient (Wildman–Crippen LogP) is 2.79. The molecule has 1 N–H and O–H groups in total. The molecular weight excluding hydrogens is 310 g/mol. The topological polar surface area (TPSA) is 62.3 Å². The minimum absolute atomic E-state index is 0.0327. The van der Waals surface area contributed by atoms with Gasteiger partial charge in [0, 0.05) is 32.2 Å². The quantitative estimate of drug-likeness (QED) is 0.813. The van der Waals surface area contributed by atoms with Crippen LogP contribution < -0.4 is 5.32 Å². The molecule has 0 aliphatic rings. The van der Waals surface area contributed by atoms with Gasteiger partial charge in [0.05, 0.1) is 0 Å². The van der Waals surface area contributed by atoms with Crippen molar-refractivity contribution in [1.29, 1.82) is 0 Å². The maximum absolute atomic E-state index is 12.0. The van der Waals surface area contributed by atoms with Crippen LogP contribution in [0, 0.1) is 5.41 Å². The van der Waals surface area contributed by atoms with Gasteiger partial charge in [0.2, 0.25) is 10.0 Å². The summed E-state index contributed by atoms with van der Waals surface area (Å²) in [5.74, 6) is 1.21. The lowest BCUT2D eigenvalue weighted by atomic mass is 9.85. The molecule has 1 rings (SSSR count). The summed E-state index contributed by atoms with van der Waals surface area (Å²) in [4.78, 5) is 4.39. The monoisotopic (exact) mass is 333 g/mol. The summed E-state index contributed by atoms with van der Waals surface area (Å²) in [7, 11) is -0.444. The van der Waals surface area contributed by atoms with Crippen LogP contribution in [0.15, 0.2) is 23.2 Å². The van der Waals surface area contributed by atoms with Gasteiger partial charge in [0.15, 0.2) is 0 Å². The third-order valence-corrected chi connectivity index (χ3v) is 5.30. The van der Waals surface area contributed by atoms with Crippen LogP contribution >= 0.6 is 11.6 Å². The fourth-order valence-corrected chi connectivity index (χ4v) is 2.90. The van der Waals surface area contributed by atoms with Crippen LogP contribution in [0.1, 0.15) is 27.2 Å². The Kier molecular flexibility index (Phi) is 6.01. The van der Waals surface area contributed by atoms with Gasteiger partial charge < -0.3 is 5.32 Å². The van der Waals surface area contributed by atoms with Gasteiger partial charge in [-0.25, -0.2) is 17.7 Å². The first-order valence-corrected chi connectivity index (χ1v) is 8.77. The normalized spacial score (nSPS) is 14.2. The van der Waals surface area contributed by atoms with E-state index in [-0.39, 0.29) is 16.4 Å². The predicted molar refractivity (Wildman–Crippen MR) is 87.3 cm³/mol. The minimum atomic E-state index is -3.44. The largest absolute Gasteiger partial charge is 0.367 e. The summed E-state index contributed by atoms with van der Waals surface area (Å²) in [5, 5.41) is 3.32. The van der Waals surface area contributed by atoms with Gasteiger partial charge in [0.1, 0.15) is 10.7 Å². The number of nitrogens with zero attached hydrogens (tertiary/aromatic N) is 2. The highest BCUT2D eigenvalue weighted by Crippen LogP contribution is 2.25. The molecule has 1 unspecified atom stereocenters. The molecule has 1 heterocycles. The number of rotatable bonds is 6. The van der Waals surface area contributed by atoms with Gasteiger partial charge in [-0.2, -0.15) is 0 Å². The summed E-state index contributed by atoms with van der Waals surface area (Å²) >= 11 is 5.84. The first kappa shape index (κ1) is 18.2. The standard InChI is InChI=1S/C14H24ClN3O2S/c1-14(2,3)12(8-9-15)17-13-7-6-11(10-16-13)21(19,20)18(4)5/h6-7,10,12H,8-9H2,1-5H3,(H,16,17). The Labute approximate surface area is 132 Å². The number of nitrogens with one attached hydrogen (secondary N) is 1. The van der Waals surface area contributed by atoms with E-state index in [1.54, 1.807) is 12.1 Å². The van der Waals surface area contributed by atoms with E-state index in [1.807, 2.05) is 0 Å².